The second-order valence-corrected chi connectivity index (χ2v) is 5.77. The molecule has 0 saturated heterocycles. The predicted octanol–water partition coefficient (Wildman–Crippen LogP) is 4.81. The molecular weight excluding hydrogens is 298 g/mol. The van der Waals surface area contributed by atoms with E-state index in [1.165, 1.54) is 11.0 Å². The number of urea groups is 1. The first-order chi connectivity index (χ1) is 10.8. The Hall–Kier alpha value is -2.43. The number of amides is 2. The number of benzene rings is 2. The van der Waals surface area contributed by atoms with E-state index in [1.54, 1.807) is 14.0 Å². The maximum Gasteiger partial charge on any atom is 0.322 e. The lowest BCUT2D eigenvalue weighted by Crippen LogP contribution is -2.33. The summed E-state index contributed by atoms with van der Waals surface area (Å²) in [5.74, 6) is -1.82. The van der Waals surface area contributed by atoms with Crippen LogP contribution in [0.1, 0.15) is 29.7 Å². The summed E-state index contributed by atoms with van der Waals surface area (Å²) >= 11 is 0. The van der Waals surface area contributed by atoms with Gasteiger partial charge in [0.15, 0.2) is 11.6 Å². The van der Waals surface area contributed by atoms with Gasteiger partial charge in [0.25, 0.3) is 0 Å². The van der Waals surface area contributed by atoms with Crippen molar-refractivity contribution in [2.24, 2.45) is 0 Å². The summed E-state index contributed by atoms with van der Waals surface area (Å²) in [7, 11) is 1.61. The van der Waals surface area contributed by atoms with E-state index in [9.17, 15) is 13.6 Å². The fourth-order valence-electron chi connectivity index (χ4n) is 2.43. The Labute approximate surface area is 134 Å². The SMILES string of the molecule is Cc1cc(C)cc(NC(=O)N(C)C(C)c2ccc(F)c(F)c2)c1. The highest BCUT2D eigenvalue weighted by Gasteiger charge is 2.19. The van der Waals surface area contributed by atoms with Crippen LogP contribution < -0.4 is 5.32 Å². The highest BCUT2D eigenvalue weighted by Crippen LogP contribution is 2.22. The average Bonchev–Trinajstić information content (AvgIpc) is 2.47. The molecule has 0 bridgehead atoms. The van der Waals surface area contributed by atoms with Crippen LogP contribution in [0.2, 0.25) is 0 Å². The van der Waals surface area contributed by atoms with Crippen LogP contribution in [0.25, 0.3) is 0 Å². The normalized spacial score (nSPS) is 11.9. The lowest BCUT2D eigenvalue weighted by molar-refractivity contribution is 0.208. The Bertz CT molecular complexity index is 711. The third kappa shape index (κ3) is 4.06. The molecule has 0 saturated carbocycles. The first-order valence-corrected chi connectivity index (χ1v) is 7.35. The van der Waals surface area contributed by atoms with Crippen LogP contribution >= 0.6 is 0 Å². The van der Waals surface area contributed by atoms with Gasteiger partial charge in [-0.3, -0.25) is 0 Å². The molecular formula is C18H20F2N2O. The minimum absolute atomic E-state index is 0.313. The van der Waals surface area contributed by atoms with Crippen LogP contribution in [0.4, 0.5) is 19.3 Å². The van der Waals surface area contributed by atoms with Crippen molar-refractivity contribution in [3.63, 3.8) is 0 Å². The van der Waals surface area contributed by atoms with E-state index in [0.717, 1.165) is 23.3 Å². The Balaban J connectivity index is 2.13. The van der Waals surface area contributed by atoms with Gasteiger partial charge in [-0.1, -0.05) is 12.1 Å². The smallest absolute Gasteiger partial charge is 0.321 e. The summed E-state index contributed by atoms with van der Waals surface area (Å²) in [6.07, 6.45) is 0. The maximum atomic E-state index is 13.3. The van der Waals surface area contributed by atoms with Gasteiger partial charge in [0.1, 0.15) is 0 Å². The average molecular weight is 318 g/mol. The zero-order chi connectivity index (χ0) is 17.1. The van der Waals surface area contributed by atoms with Crippen LogP contribution in [0.3, 0.4) is 0 Å². The Kier molecular flexibility index (Phi) is 4.98. The summed E-state index contributed by atoms with van der Waals surface area (Å²) in [4.78, 5) is 13.8. The summed E-state index contributed by atoms with van der Waals surface area (Å²) in [6.45, 7) is 5.67. The Morgan fingerprint density at radius 1 is 1.04 bits per heavy atom. The van der Waals surface area contributed by atoms with Crippen molar-refractivity contribution in [1.82, 2.24) is 4.90 Å². The van der Waals surface area contributed by atoms with Gasteiger partial charge >= 0.3 is 6.03 Å². The van der Waals surface area contributed by atoms with Gasteiger partial charge in [-0.05, 0) is 61.7 Å². The molecule has 0 heterocycles. The maximum absolute atomic E-state index is 13.3. The summed E-state index contributed by atoms with van der Waals surface area (Å²) in [5, 5.41) is 2.82. The number of carbonyl (C=O) groups is 1. The molecule has 0 fully saturated rings. The molecule has 0 radical (unpaired) electrons. The molecule has 0 spiro atoms. The van der Waals surface area contributed by atoms with Gasteiger partial charge in [-0.2, -0.15) is 0 Å². The van der Waals surface area contributed by atoms with Crippen molar-refractivity contribution in [2.75, 3.05) is 12.4 Å². The molecule has 122 valence electrons. The standard InChI is InChI=1S/C18H20F2N2O/c1-11-7-12(2)9-15(8-11)21-18(23)22(4)13(3)14-5-6-16(19)17(20)10-14/h5-10,13H,1-4H3,(H,21,23). The van der Waals surface area contributed by atoms with Crippen molar-refractivity contribution < 1.29 is 13.6 Å². The summed E-state index contributed by atoms with van der Waals surface area (Å²) in [5.41, 5.74) is 3.34. The number of hydrogen-bond donors (Lipinski definition) is 1. The predicted molar refractivity (Wildman–Crippen MR) is 87.5 cm³/mol. The molecule has 0 aliphatic heterocycles. The number of nitrogens with one attached hydrogen (secondary N) is 1. The van der Waals surface area contributed by atoms with Crippen molar-refractivity contribution >= 4 is 11.7 Å². The fraction of sp³-hybridized carbons (Fsp3) is 0.278. The number of hydrogen-bond acceptors (Lipinski definition) is 1. The van der Waals surface area contributed by atoms with Crippen LogP contribution in [-0.2, 0) is 0 Å². The molecule has 0 aliphatic rings. The molecule has 2 aromatic rings. The third-order valence-electron chi connectivity index (χ3n) is 3.80. The van der Waals surface area contributed by atoms with Crippen LogP contribution in [0.15, 0.2) is 36.4 Å². The zero-order valence-electron chi connectivity index (χ0n) is 13.7. The molecule has 2 rings (SSSR count). The van der Waals surface area contributed by atoms with Crippen molar-refractivity contribution in [2.45, 2.75) is 26.8 Å². The molecule has 1 atom stereocenters. The molecule has 23 heavy (non-hydrogen) atoms. The molecule has 2 aromatic carbocycles. The van der Waals surface area contributed by atoms with E-state index >= 15 is 0 Å². The number of halogens is 2. The molecule has 1 N–H and O–H groups in total. The molecule has 0 aliphatic carbocycles. The zero-order valence-corrected chi connectivity index (χ0v) is 13.7. The quantitative estimate of drug-likeness (QED) is 0.865. The van der Waals surface area contributed by atoms with Gasteiger partial charge in [0, 0.05) is 12.7 Å². The lowest BCUT2D eigenvalue weighted by atomic mass is 10.1. The van der Waals surface area contributed by atoms with E-state index in [2.05, 4.69) is 5.32 Å². The van der Waals surface area contributed by atoms with Gasteiger partial charge in [0.05, 0.1) is 6.04 Å². The minimum atomic E-state index is -0.919. The van der Waals surface area contributed by atoms with Crippen molar-refractivity contribution in [3.05, 3.63) is 64.7 Å². The second-order valence-electron chi connectivity index (χ2n) is 5.77. The first-order valence-electron chi connectivity index (χ1n) is 7.35. The number of anilines is 1. The molecule has 3 nitrogen and oxygen atoms in total. The Morgan fingerprint density at radius 3 is 2.22 bits per heavy atom. The number of carbonyl (C=O) groups excluding carboxylic acids is 1. The topological polar surface area (TPSA) is 32.3 Å². The minimum Gasteiger partial charge on any atom is -0.321 e. The van der Waals surface area contributed by atoms with E-state index < -0.39 is 17.7 Å². The molecule has 2 amide bonds. The van der Waals surface area contributed by atoms with E-state index in [4.69, 9.17) is 0 Å². The van der Waals surface area contributed by atoms with Gasteiger partial charge in [-0.15, -0.1) is 0 Å². The number of nitrogens with zero attached hydrogens (tertiary/aromatic N) is 1. The van der Waals surface area contributed by atoms with E-state index in [0.29, 0.717) is 11.3 Å². The largest absolute Gasteiger partial charge is 0.322 e. The molecule has 5 heteroatoms. The number of aryl methyl sites for hydroxylation is 2. The van der Waals surface area contributed by atoms with Crippen molar-refractivity contribution in [1.29, 1.82) is 0 Å². The molecule has 1 unspecified atom stereocenters. The fourth-order valence-corrected chi connectivity index (χ4v) is 2.43. The van der Waals surface area contributed by atoms with Gasteiger partial charge < -0.3 is 10.2 Å². The van der Waals surface area contributed by atoms with Crippen LogP contribution in [-0.4, -0.2) is 18.0 Å². The summed E-state index contributed by atoms with van der Waals surface area (Å²) < 4.78 is 26.4. The Morgan fingerprint density at radius 2 is 1.65 bits per heavy atom. The van der Waals surface area contributed by atoms with Crippen molar-refractivity contribution in [3.8, 4) is 0 Å². The van der Waals surface area contributed by atoms with E-state index in [1.807, 2.05) is 32.0 Å². The van der Waals surface area contributed by atoms with Crippen LogP contribution in [0.5, 0.6) is 0 Å². The summed E-state index contributed by atoms with van der Waals surface area (Å²) in [6, 6.07) is 8.72. The monoisotopic (exact) mass is 318 g/mol. The third-order valence-corrected chi connectivity index (χ3v) is 3.80. The van der Waals surface area contributed by atoms with E-state index in [-0.39, 0.29) is 6.03 Å². The number of rotatable bonds is 3. The second kappa shape index (κ2) is 6.77. The highest BCUT2D eigenvalue weighted by atomic mass is 19.2. The highest BCUT2D eigenvalue weighted by molar-refractivity contribution is 5.89. The first kappa shape index (κ1) is 16.9. The molecule has 0 aromatic heterocycles. The van der Waals surface area contributed by atoms with Gasteiger partial charge in [0.2, 0.25) is 0 Å². The van der Waals surface area contributed by atoms with Crippen LogP contribution in [0, 0.1) is 25.5 Å². The lowest BCUT2D eigenvalue weighted by Gasteiger charge is -2.26. The van der Waals surface area contributed by atoms with Gasteiger partial charge in [-0.25, -0.2) is 13.6 Å².